The molecule has 0 N–H and O–H groups in total. The average molecular weight is 499 g/mol. The minimum atomic E-state index is -0.0740. The van der Waals surface area contributed by atoms with Gasteiger partial charge in [0.15, 0.2) is 0 Å². The van der Waals surface area contributed by atoms with Crippen LogP contribution in [0, 0.1) is 10.4 Å². The number of hydrogen-bond acceptors (Lipinski definition) is 0. The summed E-state index contributed by atoms with van der Waals surface area (Å²) in [7, 11) is 0. The largest absolute Gasteiger partial charge is 0.0619 e. The Morgan fingerprint density at radius 3 is 2.32 bits per heavy atom. The second-order valence-corrected chi connectivity index (χ2v) is 10.7. The lowest BCUT2D eigenvalue weighted by Crippen LogP contribution is -2.32. The first-order valence-electron chi connectivity index (χ1n) is 11.8. The minimum absolute atomic E-state index is 0.0740. The van der Waals surface area contributed by atoms with Gasteiger partial charge in [-0.15, -0.1) is 0 Å². The first-order valence-corrected chi connectivity index (χ1v) is 12.6. The molecule has 0 atom stereocenters. The molecule has 5 aromatic carbocycles. The first-order chi connectivity index (χ1) is 16.5. The summed E-state index contributed by atoms with van der Waals surface area (Å²) in [5.41, 5.74) is 7.88. The molecule has 0 heterocycles. The van der Waals surface area contributed by atoms with Gasteiger partial charge in [-0.05, 0) is 99.2 Å². The highest BCUT2D eigenvalue weighted by Crippen LogP contribution is 2.38. The predicted molar refractivity (Wildman–Crippen MR) is 146 cm³/mol. The van der Waals surface area contributed by atoms with Gasteiger partial charge in [0.2, 0.25) is 0 Å². The van der Waals surface area contributed by atoms with E-state index < -0.39 is 0 Å². The van der Waals surface area contributed by atoms with Gasteiger partial charge in [-0.3, -0.25) is 0 Å². The summed E-state index contributed by atoms with van der Waals surface area (Å²) in [5.74, 6) is 0. The zero-order chi connectivity index (χ0) is 23.0. The maximum absolute atomic E-state index is 4.04. The highest BCUT2D eigenvalue weighted by molar-refractivity contribution is 9.10. The summed E-state index contributed by atoms with van der Waals surface area (Å²) in [4.78, 5) is 0. The molecule has 0 aromatic heterocycles. The predicted octanol–water partition coefficient (Wildman–Crippen LogP) is 7.17. The Balaban J connectivity index is 1.65. The van der Waals surface area contributed by atoms with Crippen LogP contribution in [0.4, 0.5) is 0 Å². The van der Waals surface area contributed by atoms with Gasteiger partial charge in [-0.1, -0.05) is 98.8 Å². The van der Waals surface area contributed by atoms with Crippen molar-refractivity contribution in [1.29, 1.82) is 0 Å². The van der Waals surface area contributed by atoms with Crippen molar-refractivity contribution in [3.63, 3.8) is 0 Å². The van der Waals surface area contributed by atoms with Gasteiger partial charge in [0.05, 0.1) is 0 Å². The molecule has 0 saturated heterocycles. The second-order valence-electron chi connectivity index (χ2n) is 9.91. The molecule has 7 rings (SSSR count). The second kappa shape index (κ2) is 7.04. The zero-order valence-corrected chi connectivity index (χ0v) is 20.8. The number of halogens is 1. The number of benzene rings is 5. The normalized spacial score (nSPS) is 14.4. The van der Waals surface area contributed by atoms with Crippen LogP contribution in [0.5, 0.6) is 0 Å². The monoisotopic (exact) mass is 498 g/mol. The molecule has 1 heteroatoms. The lowest BCUT2D eigenvalue weighted by molar-refractivity contribution is 0.628. The lowest BCUT2D eigenvalue weighted by Gasteiger charge is -2.32. The SMILES string of the molecule is CC1(C)c2ccccc2C=c2c1cc1c(c2Br)C=c2cccc(-c3cccc4ccccc34)c2=1. The fourth-order valence-electron chi connectivity index (χ4n) is 6.01. The zero-order valence-electron chi connectivity index (χ0n) is 19.2. The number of hydrogen-bond donors (Lipinski definition) is 0. The topological polar surface area (TPSA) is 0 Å². The summed E-state index contributed by atoms with van der Waals surface area (Å²) in [6, 6.07) is 33.3. The van der Waals surface area contributed by atoms with E-state index in [1.54, 1.807) is 0 Å². The molecule has 0 radical (unpaired) electrons. The Morgan fingerprint density at radius 2 is 1.41 bits per heavy atom. The Morgan fingerprint density at radius 1 is 0.676 bits per heavy atom. The molecular formula is C33H23Br. The third-order valence-corrected chi connectivity index (χ3v) is 8.55. The molecule has 0 saturated carbocycles. The Bertz CT molecular complexity index is 1890. The van der Waals surface area contributed by atoms with Crippen LogP contribution < -0.4 is 10.4 Å². The molecule has 0 amide bonds. The summed E-state index contributed by atoms with van der Waals surface area (Å²) >= 11 is 4.04. The van der Waals surface area contributed by atoms with Gasteiger partial charge >= 0.3 is 0 Å². The highest BCUT2D eigenvalue weighted by Gasteiger charge is 2.31. The summed E-state index contributed by atoms with van der Waals surface area (Å²) in [6.07, 6.45) is 4.70. The van der Waals surface area contributed by atoms with E-state index in [1.165, 1.54) is 69.5 Å². The molecule has 5 aromatic rings. The minimum Gasteiger partial charge on any atom is -0.0619 e. The Labute approximate surface area is 207 Å². The van der Waals surface area contributed by atoms with Crippen molar-refractivity contribution >= 4 is 38.9 Å². The standard InChI is InChI=1S/C33H23Br/c1-33(2)29-16-6-4-10-21(29)17-28-30(33)19-26-27(32(28)34)18-22-12-8-15-25(31(22)26)24-14-7-11-20-9-3-5-13-23(20)24/h3-19H,1-2H3. The van der Waals surface area contributed by atoms with E-state index >= 15 is 0 Å². The molecule has 2 aliphatic carbocycles. The van der Waals surface area contributed by atoms with Crippen molar-refractivity contribution in [2.24, 2.45) is 0 Å². The van der Waals surface area contributed by atoms with Crippen molar-refractivity contribution in [1.82, 2.24) is 0 Å². The molecule has 0 nitrogen and oxygen atoms in total. The van der Waals surface area contributed by atoms with Crippen LogP contribution in [0.25, 0.3) is 34.1 Å². The molecule has 0 bridgehead atoms. The summed E-state index contributed by atoms with van der Waals surface area (Å²) < 4.78 is 1.20. The van der Waals surface area contributed by atoms with Gasteiger partial charge in [0.25, 0.3) is 0 Å². The van der Waals surface area contributed by atoms with Crippen LogP contribution in [-0.2, 0) is 5.41 Å². The van der Waals surface area contributed by atoms with Crippen molar-refractivity contribution in [3.8, 4) is 11.1 Å². The van der Waals surface area contributed by atoms with E-state index in [2.05, 4.69) is 133 Å². The lowest BCUT2D eigenvalue weighted by atomic mass is 9.72. The third kappa shape index (κ3) is 2.65. The Kier molecular flexibility index (Phi) is 4.14. The van der Waals surface area contributed by atoms with Gasteiger partial charge in [0.1, 0.15) is 0 Å². The first kappa shape index (κ1) is 20.0. The average Bonchev–Trinajstić information content (AvgIpc) is 3.24. The fraction of sp³-hybridized carbons (Fsp3) is 0.0909. The quantitative estimate of drug-likeness (QED) is 0.225. The number of rotatable bonds is 1. The molecule has 0 unspecified atom stereocenters. The number of fused-ring (bicyclic) bond motifs is 5. The van der Waals surface area contributed by atoms with Gasteiger partial charge in [0, 0.05) is 9.89 Å². The van der Waals surface area contributed by atoms with Crippen LogP contribution in [0.1, 0.15) is 36.1 Å². The van der Waals surface area contributed by atoms with Crippen molar-refractivity contribution in [3.05, 3.63) is 139 Å². The van der Waals surface area contributed by atoms with Gasteiger partial charge in [-0.25, -0.2) is 0 Å². The smallest absolute Gasteiger partial charge is 0.0329 e. The van der Waals surface area contributed by atoms with E-state index in [0.717, 1.165) is 0 Å². The molecule has 34 heavy (non-hydrogen) atoms. The van der Waals surface area contributed by atoms with Crippen molar-refractivity contribution < 1.29 is 0 Å². The highest BCUT2D eigenvalue weighted by atomic mass is 79.9. The van der Waals surface area contributed by atoms with Gasteiger partial charge in [-0.2, -0.15) is 0 Å². The summed E-state index contributed by atoms with van der Waals surface area (Å²) in [6.45, 7) is 4.71. The van der Waals surface area contributed by atoms with Crippen LogP contribution >= 0.6 is 15.9 Å². The van der Waals surface area contributed by atoms with Crippen LogP contribution in [0.3, 0.4) is 0 Å². The maximum atomic E-state index is 4.04. The molecule has 0 aliphatic heterocycles. The van der Waals surface area contributed by atoms with E-state index in [0.29, 0.717) is 0 Å². The molecule has 162 valence electrons. The fourth-order valence-corrected chi connectivity index (χ4v) is 6.67. The third-order valence-electron chi connectivity index (χ3n) is 7.69. The van der Waals surface area contributed by atoms with E-state index in [1.807, 2.05) is 0 Å². The van der Waals surface area contributed by atoms with Crippen molar-refractivity contribution in [2.45, 2.75) is 19.3 Å². The van der Waals surface area contributed by atoms with E-state index in [-0.39, 0.29) is 5.41 Å². The van der Waals surface area contributed by atoms with E-state index in [4.69, 9.17) is 0 Å². The molecule has 0 spiro atoms. The Hall–Kier alpha value is -3.42. The molecular weight excluding hydrogens is 476 g/mol. The van der Waals surface area contributed by atoms with Crippen LogP contribution in [-0.4, -0.2) is 0 Å². The maximum Gasteiger partial charge on any atom is 0.0329 e. The molecule has 2 aliphatic rings. The van der Waals surface area contributed by atoms with E-state index in [9.17, 15) is 0 Å². The van der Waals surface area contributed by atoms with Crippen LogP contribution in [0.15, 0.2) is 95.5 Å². The van der Waals surface area contributed by atoms with Crippen LogP contribution in [0.2, 0.25) is 0 Å². The van der Waals surface area contributed by atoms with Crippen molar-refractivity contribution in [2.75, 3.05) is 0 Å². The molecule has 0 fully saturated rings. The summed E-state index contributed by atoms with van der Waals surface area (Å²) in [5, 5.41) is 7.83. The van der Waals surface area contributed by atoms with Gasteiger partial charge < -0.3 is 0 Å².